The highest BCUT2D eigenvalue weighted by molar-refractivity contribution is 6.26. The number of nitrogens with zero attached hydrogens (tertiary/aromatic N) is 2. The van der Waals surface area contributed by atoms with E-state index in [0.717, 1.165) is 5.82 Å². The summed E-state index contributed by atoms with van der Waals surface area (Å²) in [6.07, 6.45) is 0. The third-order valence-corrected chi connectivity index (χ3v) is 3.71. The summed E-state index contributed by atoms with van der Waals surface area (Å²) >= 11 is 0. The van der Waals surface area contributed by atoms with Crippen LogP contribution in [0.25, 0.3) is 0 Å². The molecule has 2 aromatic rings. The Morgan fingerprint density at radius 1 is 1.05 bits per heavy atom. The Hall–Kier alpha value is -1.75. The summed E-state index contributed by atoms with van der Waals surface area (Å²) in [5, 5.41) is 0. The molecule has 0 aliphatic heterocycles. The second-order valence-electron chi connectivity index (χ2n) is 4.57. The number of carbonyl (C=O) groups is 2. The summed E-state index contributed by atoms with van der Waals surface area (Å²) in [5.41, 5.74) is 1.96. The minimum Gasteiger partial charge on any atom is -1.00 e. The fourth-order valence-corrected chi connectivity index (χ4v) is 2.52. The number of imidazole rings is 1. The predicted octanol–water partition coefficient (Wildman–Crippen LogP) is -2.06. The molecule has 19 heavy (non-hydrogen) atoms. The van der Waals surface area contributed by atoms with E-state index >= 15 is 0 Å². The molecule has 1 aliphatic rings. The molecule has 5 heteroatoms. The highest BCUT2D eigenvalue weighted by Crippen LogP contribution is 2.25. The first-order valence-corrected chi connectivity index (χ1v) is 5.77. The average Bonchev–Trinajstić information content (AvgIpc) is 2.61. The van der Waals surface area contributed by atoms with E-state index in [4.69, 9.17) is 0 Å². The highest BCUT2D eigenvalue weighted by atomic mass is 79.9. The molecular weight excluding hydrogens is 308 g/mol. The van der Waals surface area contributed by atoms with Crippen LogP contribution in [0.2, 0.25) is 0 Å². The van der Waals surface area contributed by atoms with Crippen LogP contribution in [-0.4, -0.2) is 16.1 Å². The zero-order valence-electron chi connectivity index (χ0n) is 10.9. The molecule has 0 amide bonds. The molecule has 1 aliphatic carbocycles. The molecule has 1 aromatic carbocycles. The van der Waals surface area contributed by atoms with Crippen molar-refractivity contribution in [1.82, 2.24) is 4.57 Å². The van der Waals surface area contributed by atoms with Crippen LogP contribution in [0.15, 0.2) is 24.3 Å². The Balaban J connectivity index is 0.00000133. The van der Waals surface area contributed by atoms with Gasteiger partial charge in [-0.25, -0.2) is 9.13 Å². The number of aromatic nitrogens is 2. The number of hydrogen-bond donors (Lipinski definition) is 0. The number of hydrogen-bond acceptors (Lipinski definition) is 2. The maximum Gasteiger partial charge on any atom is 0.253 e. The van der Waals surface area contributed by atoms with Crippen LogP contribution in [0.4, 0.5) is 0 Å². The first-order chi connectivity index (χ1) is 8.54. The van der Waals surface area contributed by atoms with Crippen molar-refractivity contribution in [3.63, 3.8) is 0 Å². The molecule has 0 N–H and O–H groups in total. The van der Waals surface area contributed by atoms with E-state index in [2.05, 4.69) is 0 Å². The number of halogens is 1. The van der Waals surface area contributed by atoms with Crippen LogP contribution in [-0.2, 0) is 14.1 Å². The van der Waals surface area contributed by atoms with Gasteiger partial charge < -0.3 is 17.0 Å². The van der Waals surface area contributed by atoms with Crippen LogP contribution in [0.3, 0.4) is 0 Å². The van der Waals surface area contributed by atoms with Gasteiger partial charge in [0.25, 0.3) is 5.82 Å². The highest BCUT2D eigenvalue weighted by Gasteiger charge is 2.40. The lowest BCUT2D eigenvalue weighted by molar-refractivity contribution is -0.679. The maximum absolute atomic E-state index is 12.5. The van der Waals surface area contributed by atoms with Gasteiger partial charge in [-0.15, -0.1) is 0 Å². The first kappa shape index (κ1) is 13.7. The van der Waals surface area contributed by atoms with E-state index in [1.54, 1.807) is 33.4 Å². The van der Waals surface area contributed by atoms with E-state index in [1.165, 1.54) is 0 Å². The van der Waals surface area contributed by atoms with Crippen molar-refractivity contribution >= 4 is 11.6 Å². The van der Waals surface area contributed by atoms with Gasteiger partial charge in [0, 0.05) is 18.1 Å². The van der Waals surface area contributed by atoms with Gasteiger partial charge in [-0.05, 0) is 0 Å². The zero-order chi connectivity index (χ0) is 13.0. The van der Waals surface area contributed by atoms with Gasteiger partial charge in [0.1, 0.15) is 0 Å². The molecule has 0 radical (unpaired) electrons. The SMILES string of the molecule is Cc1n(C)c2c([n+]1C)C(=O)c1ccccc1C2=O.[Br-]. The van der Waals surface area contributed by atoms with Gasteiger partial charge >= 0.3 is 0 Å². The fraction of sp³-hybridized carbons (Fsp3) is 0.214. The second-order valence-corrected chi connectivity index (χ2v) is 4.57. The molecule has 3 rings (SSSR count). The third kappa shape index (κ3) is 1.61. The molecule has 4 nitrogen and oxygen atoms in total. The fourth-order valence-electron chi connectivity index (χ4n) is 2.52. The van der Waals surface area contributed by atoms with Crippen molar-refractivity contribution in [3.8, 4) is 0 Å². The predicted molar refractivity (Wildman–Crippen MR) is 64.6 cm³/mol. The minimum absolute atomic E-state index is 0. The molecular formula is C14H13BrN2O2. The Kier molecular flexibility index (Phi) is 3.18. The van der Waals surface area contributed by atoms with E-state index in [9.17, 15) is 9.59 Å². The molecule has 0 saturated carbocycles. The molecule has 1 aromatic heterocycles. The van der Waals surface area contributed by atoms with E-state index in [-0.39, 0.29) is 28.5 Å². The van der Waals surface area contributed by atoms with E-state index in [1.807, 2.05) is 21.0 Å². The van der Waals surface area contributed by atoms with E-state index in [0.29, 0.717) is 22.5 Å². The lowest BCUT2D eigenvalue weighted by atomic mass is 9.90. The lowest BCUT2D eigenvalue weighted by Crippen LogP contribution is -3.00. The van der Waals surface area contributed by atoms with Gasteiger partial charge in [-0.1, -0.05) is 24.3 Å². The van der Waals surface area contributed by atoms with Crippen LogP contribution < -0.4 is 21.5 Å². The maximum atomic E-state index is 12.5. The quantitative estimate of drug-likeness (QED) is 0.447. The van der Waals surface area contributed by atoms with Crippen LogP contribution >= 0.6 is 0 Å². The van der Waals surface area contributed by atoms with Gasteiger partial charge in [0.05, 0.1) is 14.1 Å². The van der Waals surface area contributed by atoms with Gasteiger partial charge in [0.2, 0.25) is 23.0 Å². The summed E-state index contributed by atoms with van der Waals surface area (Å²) in [4.78, 5) is 24.9. The van der Waals surface area contributed by atoms with Crippen molar-refractivity contribution in [2.75, 3.05) is 0 Å². The van der Waals surface area contributed by atoms with Crippen LogP contribution in [0.1, 0.15) is 37.9 Å². The number of rotatable bonds is 0. The average molecular weight is 321 g/mol. The molecule has 0 saturated heterocycles. The van der Waals surface area contributed by atoms with Gasteiger partial charge in [-0.2, -0.15) is 0 Å². The normalized spacial score (nSPS) is 12.8. The van der Waals surface area contributed by atoms with Crippen LogP contribution in [0.5, 0.6) is 0 Å². The largest absolute Gasteiger partial charge is 1.00 e. The summed E-state index contributed by atoms with van der Waals surface area (Å²) in [5.74, 6) is 0.729. The Labute approximate surface area is 121 Å². The Morgan fingerprint density at radius 3 is 2.16 bits per heavy atom. The molecule has 0 bridgehead atoms. The molecule has 0 fully saturated rings. The third-order valence-electron chi connectivity index (χ3n) is 3.71. The zero-order valence-corrected chi connectivity index (χ0v) is 12.5. The Morgan fingerprint density at radius 2 is 1.58 bits per heavy atom. The van der Waals surface area contributed by atoms with Crippen molar-refractivity contribution in [3.05, 3.63) is 52.6 Å². The summed E-state index contributed by atoms with van der Waals surface area (Å²) < 4.78 is 3.57. The summed E-state index contributed by atoms with van der Waals surface area (Å²) in [7, 11) is 3.63. The number of fused-ring (bicyclic) bond motifs is 2. The Bertz CT molecular complexity index is 658. The molecule has 0 spiro atoms. The minimum atomic E-state index is -0.0774. The van der Waals surface area contributed by atoms with E-state index < -0.39 is 0 Å². The second kappa shape index (κ2) is 4.42. The van der Waals surface area contributed by atoms with Crippen molar-refractivity contribution in [2.24, 2.45) is 14.1 Å². The number of benzene rings is 1. The van der Waals surface area contributed by atoms with Gasteiger partial charge in [-0.3, -0.25) is 9.59 Å². The first-order valence-electron chi connectivity index (χ1n) is 5.77. The topological polar surface area (TPSA) is 43.0 Å². The molecule has 98 valence electrons. The van der Waals surface area contributed by atoms with Crippen molar-refractivity contribution in [1.29, 1.82) is 0 Å². The molecule has 1 heterocycles. The smallest absolute Gasteiger partial charge is 0.253 e. The monoisotopic (exact) mass is 320 g/mol. The van der Waals surface area contributed by atoms with Gasteiger partial charge in [0.15, 0.2) is 0 Å². The summed E-state index contributed by atoms with van der Waals surface area (Å²) in [6, 6.07) is 6.98. The van der Waals surface area contributed by atoms with Crippen LogP contribution in [0, 0.1) is 6.92 Å². The van der Waals surface area contributed by atoms with Crippen molar-refractivity contribution < 1.29 is 31.1 Å². The molecule has 0 atom stereocenters. The number of ketones is 2. The number of carbonyl (C=O) groups excluding carboxylic acids is 2. The standard InChI is InChI=1S/C14H13N2O2.BrH/c1-8-15(2)11-12(16(8)3)14(18)10-7-5-4-6-9(10)13(11)17;/h4-7H,1-3H3;1H/q+1;/p-1. The summed E-state index contributed by atoms with van der Waals surface area (Å²) in [6.45, 7) is 1.89. The lowest BCUT2D eigenvalue weighted by Gasteiger charge is -2.11. The molecule has 0 unspecified atom stereocenters. The van der Waals surface area contributed by atoms with Crippen molar-refractivity contribution in [2.45, 2.75) is 6.92 Å².